The van der Waals surface area contributed by atoms with Crippen molar-refractivity contribution in [3.8, 4) is 0 Å². The first-order valence-corrected chi connectivity index (χ1v) is 6.04. The number of carbonyl (C=O) groups excluding carboxylic acids is 1. The Balaban J connectivity index is 2.67. The third kappa shape index (κ3) is 3.13. The summed E-state index contributed by atoms with van der Waals surface area (Å²) in [5, 5.41) is 3.05. The van der Waals surface area contributed by atoms with E-state index in [1.807, 2.05) is 0 Å². The second kappa shape index (κ2) is 4.88. The molecule has 1 aliphatic rings. The second-order valence-corrected chi connectivity index (χ2v) is 5.41. The average molecular weight is 236 g/mol. The van der Waals surface area contributed by atoms with E-state index in [0.717, 1.165) is 4.31 Å². The van der Waals surface area contributed by atoms with Gasteiger partial charge in [-0.1, -0.05) is 0 Å². The lowest BCUT2D eigenvalue weighted by Crippen LogP contribution is -2.52. The largest absolute Gasteiger partial charge is 0.369 e. The molecular formula is C7H16N4O3S. The lowest BCUT2D eigenvalue weighted by atomic mass is 10.4. The number of rotatable bonds is 4. The highest BCUT2D eigenvalue weighted by Crippen LogP contribution is 2.06. The van der Waals surface area contributed by atoms with Crippen molar-refractivity contribution in [1.29, 1.82) is 0 Å². The Morgan fingerprint density at radius 1 is 1.47 bits per heavy atom. The molecule has 0 atom stereocenters. The Labute approximate surface area is 89.4 Å². The lowest BCUT2D eigenvalue weighted by molar-refractivity contribution is -0.118. The van der Waals surface area contributed by atoms with Crippen LogP contribution in [0.15, 0.2) is 0 Å². The molecule has 0 unspecified atom stereocenters. The normalized spacial score (nSPS) is 19.3. The molecule has 1 saturated heterocycles. The lowest BCUT2D eigenvalue weighted by Gasteiger charge is -2.29. The molecule has 0 aromatic carbocycles. The number of primary amides is 1. The minimum atomic E-state index is -3.53. The number of hydrogen-bond acceptors (Lipinski definition) is 4. The van der Waals surface area contributed by atoms with E-state index < -0.39 is 16.1 Å². The van der Waals surface area contributed by atoms with E-state index in [1.165, 1.54) is 11.4 Å². The van der Waals surface area contributed by atoms with Gasteiger partial charge >= 0.3 is 0 Å². The van der Waals surface area contributed by atoms with Crippen LogP contribution in [-0.2, 0) is 15.0 Å². The Morgan fingerprint density at radius 3 is 2.47 bits per heavy atom. The molecule has 1 amide bonds. The smallest absolute Gasteiger partial charge is 0.282 e. The van der Waals surface area contributed by atoms with Crippen molar-refractivity contribution in [2.75, 3.05) is 39.8 Å². The number of carbonyl (C=O) groups is 1. The van der Waals surface area contributed by atoms with Gasteiger partial charge in [-0.05, 0) is 0 Å². The summed E-state index contributed by atoms with van der Waals surface area (Å²) in [5.41, 5.74) is 4.94. The Morgan fingerprint density at radius 2 is 2.00 bits per heavy atom. The first-order valence-electron chi connectivity index (χ1n) is 4.65. The topological polar surface area (TPSA) is 95.7 Å². The highest BCUT2D eigenvalue weighted by molar-refractivity contribution is 7.86. The van der Waals surface area contributed by atoms with Crippen molar-refractivity contribution in [2.45, 2.75) is 0 Å². The fourth-order valence-corrected chi connectivity index (χ4v) is 2.70. The number of likely N-dealkylation sites (N-methyl/N-ethyl adjacent to an activating group) is 1. The first kappa shape index (κ1) is 12.4. The minimum Gasteiger partial charge on any atom is -0.369 e. The molecule has 1 heterocycles. The molecule has 0 aromatic rings. The van der Waals surface area contributed by atoms with Crippen LogP contribution < -0.4 is 11.1 Å². The fraction of sp³-hybridized carbons (Fsp3) is 0.857. The quantitative estimate of drug-likeness (QED) is 0.566. The van der Waals surface area contributed by atoms with Crippen molar-refractivity contribution >= 4 is 16.1 Å². The van der Waals surface area contributed by atoms with Gasteiger partial charge in [0.2, 0.25) is 5.91 Å². The molecule has 0 aliphatic carbocycles. The van der Waals surface area contributed by atoms with Gasteiger partial charge in [0.05, 0.1) is 6.54 Å². The number of nitrogens with one attached hydrogen (secondary N) is 1. The van der Waals surface area contributed by atoms with Crippen molar-refractivity contribution in [2.24, 2.45) is 5.73 Å². The summed E-state index contributed by atoms with van der Waals surface area (Å²) < 4.78 is 26.0. The zero-order valence-corrected chi connectivity index (χ0v) is 9.46. The molecule has 0 spiro atoms. The SMILES string of the molecule is CN(CC(N)=O)S(=O)(=O)N1CCNCC1. The van der Waals surface area contributed by atoms with Crippen molar-refractivity contribution in [3.05, 3.63) is 0 Å². The maximum absolute atomic E-state index is 11.8. The van der Waals surface area contributed by atoms with Gasteiger partial charge in [-0.3, -0.25) is 4.79 Å². The van der Waals surface area contributed by atoms with Crippen molar-refractivity contribution in [3.63, 3.8) is 0 Å². The molecular weight excluding hydrogens is 220 g/mol. The standard InChI is InChI=1S/C7H16N4O3S/c1-10(6-7(8)12)15(13,14)11-4-2-9-3-5-11/h9H,2-6H2,1H3,(H2,8,12). The van der Waals surface area contributed by atoms with Gasteiger partial charge < -0.3 is 11.1 Å². The number of nitrogens with two attached hydrogens (primary N) is 1. The average Bonchev–Trinajstić information content (AvgIpc) is 2.18. The Bertz CT molecular complexity index is 323. The molecule has 15 heavy (non-hydrogen) atoms. The molecule has 0 aromatic heterocycles. The first-order chi connectivity index (χ1) is 6.94. The van der Waals surface area contributed by atoms with E-state index in [4.69, 9.17) is 5.73 Å². The number of hydrogen-bond donors (Lipinski definition) is 2. The summed E-state index contributed by atoms with van der Waals surface area (Å²) in [6.07, 6.45) is 0. The molecule has 8 heteroatoms. The van der Waals surface area contributed by atoms with Crippen LogP contribution in [-0.4, -0.2) is 62.7 Å². The predicted octanol–water partition coefficient (Wildman–Crippen LogP) is -2.45. The molecule has 3 N–H and O–H groups in total. The molecule has 1 rings (SSSR count). The molecule has 0 bridgehead atoms. The summed E-state index contributed by atoms with van der Waals surface area (Å²) in [7, 11) is -2.18. The van der Waals surface area contributed by atoms with E-state index in [2.05, 4.69) is 5.32 Å². The molecule has 1 fully saturated rings. The third-order valence-corrected chi connectivity index (χ3v) is 4.11. The maximum atomic E-state index is 11.8. The molecule has 0 saturated carbocycles. The van der Waals surface area contributed by atoms with Crippen molar-refractivity contribution in [1.82, 2.24) is 13.9 Å². The van der Waals surface area contributed by atoms with Crippen LogP contribution in [0.1, 0.15) is 0 Å². The summed E-state index contributed by atoms with van der Waals surface area (Å²) in [6, 6.07) is 0. The van der Waals surface area contributed by atoms with Gasteiger partial charge in [-0.2, -0.15) is 17.0 Å². The van der Waals surface area contributed by atoms with E-state index >= 15 is 0 Å². The van der Waals surface area contributed by atoms with Gasteiger partial charge in [0.1, 0.15) is 0 Å². The monoisotopic (exact) mass is 236 g/mol. The van der Waals surface area contributed by atoms with Crippen molar-refractivity contribution < 1.29 is 13.2 Å². The van der Waals surface area contributed by atoms with Crippen LogP contribution in [0.2, 0.25) is 0 Å². The zero-order chi connectivity index (χ0) is 11.5. The Hall–Kier alpha value is -0.700. The van der Waals surface area contributed by atoms with Gasteiger partial charge in [-0.25, -0.2) is 0 Å². The van der Waals surface area contributed by atoms with Crippen LogP contribution in [0.25, 0.3) is 0 Å². The highest BCUT2D eigenvalue weighted by Gasteiger charge is 2.28. The number of piperazine rings is 1. The highest BCUT2D eigenvalue weighted by atomic mass is 32.2. The third-order valence-electron chi connectivity index (χ3n) is 2.17. The second-order valence-electron chi connectivity index (χ2n) is 3.38. The molecule has 88 valence electrons. The minimum absolute atomic E-state index is 0.285. The molecule has 7 nitrogen and oxygen atoms in total. The molecule has 0 radical (unpaired) electrons. The van der Waals surface area contributed by atoms with Crippen LogP contribution in [0.4, 0.5) is 0 Å². The maximum Gasteiger partial charge on any atom is 0.282 e. The summed E-state index contributed by atoms with van der Waals surface area (Å²) in [5.74, 6) is -0.656. The van der Waals surface area contributed by atoms with E-state index in [9.17, 15) is 13.2 Å². The summed E-state index contributed by atoms with van der Waals surface area (Å²) in [4.78, 5) is 10.6. The van der Waals surface area contributed by atoms with E-state index in [-0.39, 0.29) is 6.54 Å². The van der Waals surface area contributed by atoms with Crippen LogP contribution in [0, 0.1) is 0 Å². The fourth-order valence-electron chi connectivity index (χ4n) is 1.37. The Kier molecular flexibility index (Phi) is 4.03. The predicted molar refractivity (Wildman–Crippen MR) is 55.2 cm³/mol. The van der Waals surface area contributed by atoms with Crippen LogP contribution in [0.5, 0.6) is 0 Å². The number of amides is 1. The van der Waals surface area contributed by atoms with Gasteiger partial charge in [0, 0.05) is 33.2 Å². The molecule has 1 aliphatic heterocycles. The number of nitrogens with zero attached hydrogens (tertiary/aromatic N) is 2. The van der Waals surface area contributed by atoms with E-state index in [1.54, 1.807) is 0 Å². The van der Waals surface area contributed by atoms with Gasteiger partial charge in [0.15, 0.2) is 0 Å². The summed E-state index contributed by atoms with van der Waals surface area (Å²) >= 11 is 0. The van der Waals surface area contributed by atoms with Crippen LogP contribution in [0.3, 0.4) is 0 Å². The van der Waals surface area contributed by atoms with Crippen LogP contribution >= 0.6 is 0 Å². The van der Waals surface area contributed by atoms with Gasteiger partial charge in [0.25, 0.3) is 10.2 Å². The van der Waals surface area contributed by atoms with E-state index in [0.29, 0.717) is 26.2 Å². The zero-order valence-electron chi connectivity index (χ0n) is 8.64. The van der Waals surface area contributed by atoms with Gasteiger partial charge in [-0.15, -0.1) is 0 Å². The summed E-state index contributed by atoms with van der Waals surface area (Å²) in [6.45, 7) is 1.82.